The summed E-state index contributed by atoms with van der Waals surface area (Å²) >= 11 is 0. The normalized spacial score (nSPS) is 20.2. The molecule has 0 radical (unpaired) electrons. The summed E-state index contributed by atoms with van der Waals surface area (Å²) in [5, 5.41) is 8.73. The number of hydrogen-bond acceptors (Lipinski definition) is 12. The molecule has 2 aromatic carbocycles. The van der Waals surface area contributed by atoms with Crippen LogP contribution >= 0.6 is 0 Å². The zero-order chi connectivity index (χ0) is 40.7. The topological polar surface area (TPSA) is 216 Å². The number of aromatic nitrogens is 1. The van der Waals surface area contributed by atoms with Crippen molar-refractivity contribution in [3.05, 3.63) is 95.2 Å². The number of rotatable bonds is 14. The summed E-state index contributed by atoms with van der Waals surface area (Å²) < 4.78 is 23.8. The molecule has 58 heavy (non-hydrogen) atoms. The fraction of sp³-hybridized carbons (Fsp3) is 0.488. The van der Waals surface area contributed by atoms with Gasteiger partial charge in [0.05, 0.1) is 26.5 Å². The van der Waals surface area contributed by atoms with Crippen molar-refractivity contribution in [3.63, 3.8) is 0 Å². The van der Waals surface area contributed by atoms with Crippen LogP contribution in [-0.4, -0.2) is 115 Å². The van der Waals surface area contributed by atoms with E-state index in [1.807, 2.05) is 60.7 Å². The van der Waals surface area contributed by atoms with Gasteiger partial charge in [0.15, 0.2) is 0 Å². The van der Waals surface area contributed by atoms with Crippen LogP contribution in [0.2, 0.25) is 0 Å². The average Bonchev–Trinajstić information content (AvgIpc) is 3.26. The maximum atomic E-state index is 13.2. The molecule has 17 nitrogen and oxygen atoms in total. The van der Waals surface area contributed by atoms with Crippen molar-refractivity contribution in [1.29, 1.82) is 0 Å². The number of likely N-dealkylation sites (tertiary alicyclic amines) is 1. The summed E-state index contributed by atoms with van der Waals surface area (Å²) in [6.45, 7) is 4.64. The lowest BCUT2D eigenvalue weighted by atomic mass is 9.96. The first-order chi connectivity index (χ1) is 28.2. The second-order valence-corrected chi connectivity index (χ2v) is 14.7. The number of ether oxygens (including phenoxy) is 4. The molecule has 0 saturated carbocycles. The van der Waals surface area contributed by atoms with Crippen LogP contribution in [0.25, 0.3) is 0 Å². The van der Waals surface area contributed by atoms with Crippen LogP contribution in [0.15, 0.2) is 72.9 Å². The van der Waals surface area contributed by atoms with E-state index in [1.54, 1.807) is 22.1 Å². The first kappa shape index (κ1) is 42.1. The predicted octanol–water partition coefficient (Wildman–Crippen LogP) is 2.75. The molecule has 3 atom stereocenters. The van der Waals surface area contributed by atoms with Gasteiger partial charge in [-0.3, -0.25) is 9.69 Å². The van der Waals surface area contributed by atoms with E-state index >= 15 is 0 Å². The van der Waals surface area contributed by atoms with E-state index in [2.05, 4.69) is 25.8 Å². The lowest BCUT2D eigenvalue weighted by Gasteiger charge is -2.38. The van der Waals surface area contributed by atoms with Gasteiger partial charge in [-0.25, -0.2) is 19.4 Å². The monoisotopic (exact) mass is 801 g/mol. The number of carbonyl (C=O) groups is 4. The third-order valence-corrected chi connectivity index (χ3v) is 10.6. The Kier molecular flexibility index (Phi) is 15.5. The molecule has 3 aliphatic rings. The fourth-order valence-corrected chi connectivity index (χ4v) is 7.15. The van der Waals surface area contributed by atoms with Gasteiger partial charge < -0.3 is 56.2 Å². The molecule has 312 valence electrons. The highest BCUT2D eigenvalue weighted by Gasteiger charge is 2.39. The van der Waals surface area contributed by atoms with Gasteiger partial charge >= 0.3 is 18.2 Å². The van der Waals surface area contributed by atoms with Crippen LogP contribution in [0.5, 0.6) is 0 Å². The Labute approximate surface area is 338 Å². The van der Waals surface area contributed by atoms with Crippen molar-refractivity contribution < 1.29 is 38.1 Å². The van der Waals surface area contributed by atoms with Crippen molar-refractivity contribution in [1.82, 2.24) is 35.6 Å². The number of hydrogen-bond donors (Lipinski definition) is 5. The lowest BCUT2D eigenvalue weighted by Crippen LogP contribution is -2.53. The Morgan fingerprint density at radius 2 is 1.52 bits per heavy atom. The number of nitrogens with one attached hydrogen (secondary N) is 3. The smallest absolute Gasteiger partial charge is 0.410 e. The minimum Gasteiger partial charge on any atom is -0.449 e. The second kappa shape index (κ2) is 21.3. The third-order valence-electron chi connectivity index (χ3n) is 10.6. The Morgan fingerprint density at radius 1 is 0.793 bits per heavy atom. The zero-order valence-corrected chi connectivity index (χ0v) is 32.8. The average molecular weight is 802 g/mol. The second-order valence-electron chi connectivity index (χ2n) is 14.7. The van der Waals surface area contributed by atoms with Crippen molar-refractivity contribution >= 4 is 29.9 Å². The van der Waals surface area contributed by atoms with Gasteiger partial charge in [0.25, 0.3) is 0 Å². The summed E-state index contributed by atoms with van der Waals surface area (Å²) in [4.78, 5) is 61.3. The van der Waals surface area contributed by atoms with Gasteiger partial charge in [0, 0.05) is 76.9 Å². The van der Waals surface area contributed by atoms with Gasteiger partial charge in [-0.2, -0.15) is 0 Å². The van der Waals surface area contributed by atoms with Crippen LogP contribution in [0.1, 0.15) is 41.5 Å². The minimum absolute atomic E-state index is 0.00998. The standard InChI is InChI=1S/C41H55N9O8/c42-22-30-7-4-8-31(21-30)23-46-39(52)49-16-18-50(19-17-49)41(54)57-27-34-13-20-55-38(36(34)56-26-29-5-2-1-3-6-29)58-40(53)47-28-48-14-11-33(12-15-48)37(51)45-25-32-9-10-35(43)44-24-32/h1-10,21,24,33-34,36,38H,11-20,22-23,25-28,42H2,(H2,43,44)(H,45,51)(H,46,52)(H,47,53)/t34-,36?,38+/m1/s1. The molecule has 3 aliphatic heterocycles. The lowest BCUT2D eigenvalue weighted by molar-refractivity contribution is -0.228. The molecule has 1 unspecified atom stereocenters. The number of piperidine rings is 1. The van der Waals surface area contributed by atoms with Gasteiger partial charge in [-0.05, 0) is 47.6 Å². The maximum Gasteiger partial charge on any atom is 0.410 e. The Bertz CT molecular complexity index is 1790. The third kappa shape index (κ3) is 12.5. The molecule has 0 aliphatic carbocycles. The number of urea groups is 1. The van der Waals surface area contributed by atoms with E-state index < -0.39 is 24.6 Å². The number of alkyl carbamates (subject to hydrolysis) is 1. The number of anilines is 1. The summed E-state index contributed by atoms with van der Waals surface area (Å²) in [5.74, 6) is -0.0183. The summed E-state index contributed by atoms with van der Waals surface area (Å²) in [6, 6.07) is 20.7. The molecule has 1 aromatic heterocycles. The van der Waals surface area contributed by atoms with Crippen molar-refractivity contribution in [3.8, 4) is 0 Å². The zero-order valence-electron chi connectivity index (χ0n) is 32.8. The van der Waals surface area contributed by atoms with Crippen LogP contribution in [0, 0.1) is 11.8 Å². The van der Waals surface area contributed by atoms with Gasteiger partial charge in [0.1, 0.15) is 11.9 Å². The summed E-state index contributed by atoms with van der Waals surface area (Å²) in [5.41, 5.74) is 15.1. The number of piperazine rings is 1. The fourth-order valence-electron chi connectivity index (χ4n) is 7.15. The van der Waals surface area contributed by atoms with Gasteiger partial charge in [-0.1, -0.05) is 60.7 Å². The molecule has 7 N–H and O–H groups in total. The Hall–Kier alpha value is -5.49. The molecule has 6 rings (SSSR count). The first-order valence-electron chi connectivity index (χ1n) is 19.9. The molecule has 3 aromatic rings. The predicted molar refractivity (Wildman–Crippen MR) is 213 cm³/mol. The first-order valence-corrected chi connectivity index (χ1v) is 19.9. The summed E-state index contributed by atoms with van der Waals surface area (Å²) in [7, 11) is 0. The minimum atomic E-state index is -1.04. The van der Waals surface area contributed by atoms with E-state index in [0.717, 1.165) is 22.3 Å². The largest absolute Gasteiger partial charge is 0.449 e. The maximum absolute atomic E-state index is 13.2. The molecule has 5 amide bonds. The Balaban J connectivity index is 0.937. The van der Waals surface area contributed by atoms with Crippen molar-refractivity contribution in [2.45, 2.75) is 57.9 Å². The molecule has 4 heterocycles. The molecular weight excluding hydrogens is 747 g/mol. The Morgan fingerprint density at radius 3 is 2.26 bits per heavy atom. The van der Waals surface area contributed by atoms with Crippen LogP contribution < -0.4 is 27.4 Å². The number of benzene rings is 2. The number of carbonyl (C=O) groups excluding carboxylic acids is 4. The molecule has 0 bridgehead atoms. The van der Waals surface area contributed by atoms with Crippen molar-refractivity contribution in [2.75, 3.05) is 64.9 Å². The van der Waals surface area contributed by atoms with E-state index in [0.29, 0.717) is 84.0 Å². The SMILES string of the molecule is NCc1cccc(CNC(=O)N2CCN(C(=O)OC[C@H]3CCO[C@@H](OC(=O)NCN4CCC(C(=O)NCc5ccc(N)nc5)CC4)C3OCc3ccccc3)CC2)c1. The van der Waals surface area contributed by atoms with Crippen molar-refractivity contribution in [2.24, 2.45) is 17.6 Å². The highest BCUT2D eigenvalue weighted by molar-refractivity contribution is 5.78. The number of pyridine rings is 1. The van der Waals surface area contributed by atoms with E-state index in [4.69, 9.17) is 30.4 Å². The molecule has 3 fully saturated rings. The molecule has 17 heteroatoms. The van der Waals surface area contributed by atoms with E-state index in [9.17, 15) is 19.2 Å². The molecule has 0 spiro atoms. The van der Waals surface area contributed by atoms with Crippen LogP contribution in [0.4, 0.5) is 20.2 Å². The van der Waals surface area contributed by atoms with Gasteiger partial charge in [-0.15, -0.1) is 0 Å². The van der Waals surface area contributed by atoms with Crippen LogP contribution in [-0.2, 0) is 50.0 Å². The number of nitrogens with two attached hydrogens (primary N) is 2. The quantitative estimate of drug-likeness (QED) is 0.159. The summed E-state index contributed by atoms with van der Waals surface area (Å²) in [6.07, 6.45) is 0.580. The van der Waals surface area contributed by atoms with E-state index in [-0.39, 0.29) is 50.3 Å². The van der Waals surface area contributed by atoms with E-state index in [1.165, 1.54) is 0 Å². The van der Waals surface area contributed by atoms with Gasteiger partial charge in [0.2, 0.25) is 12.2 Å². The highest BCUT2D eigenvalue weighted by Crippen LogP contribution is 2.27. The highest BCUT2D eigenvalue weighted by atomic mass is 16.7. The van der Waals surface area contributed by atoms with Crippen LogP contribution in [0.3, 0.4) is 0 Å². The molecular formula is C41H55N9O8. The number of nitrogens with zero attached hydrogens (tertiary/aromatic N) is 4. The molecule has 3 saturated heterocycles. The number of amides is 5. The number of nitrogen functional groups attached to an aromatic ring is 1.